The Morgan fingerprint density at radius 1 is 1.40 bits per heavy atom. The molecule has 2 aliphatic rings. The van der Waals surface area contributed by atoms with E-state index in [0.717, 1.165) is 62.5 Å². The maximum Gasteiger partial charge on any atom is 0.194 e. The third-order valence-corrected chi connectivity index (χ3v) is 5.48. The summed E-state index contributed by atoms with van der Waals surface area (Å²) < 4.78 is 11.8. The summed E-state index contributed by atoms with van der Waals surface area (Å²) in [6.07, 6.45) is 2.60. The topological polar surface area (TPSA) is 62.2 Å². The van der Waals surface area contributed by atoms with E-state index in [1.807, 2.05) is 19.0 Å². The van der Waals surface area contributed by atoms with Crippen molar-refractivity contribution in [3.8, 4) is 0 Å². The summed E-state index contributed by atoms with van der Waals surface area (Å²) in [7, 11) is 4.02. The predicted molar refractivity (Wildman–Crippen MR) is 102 cm³/mol. The van der Waals surface area contributed by atoms with Crippen LogP contribution in [0.25, 0.3) is 0 Å². The van der Waals surface area contributed by atoms with Gasteiger partial charge in [0.2, 0.25) is 0 Å². The SMILES string of the molecule is CCNC(=NCc1csc(N(C)C)n1)N1CCOC(C2CCCO2)C1. The largest absolute Gasteiger partial charge is 0.375 e. The molecule has 0 spiro atoms. The molecule has 3 heterocycles. The molecule has 140 valence electrons. The molecule has 0 aromatic carbocycles. The van der Waals surface area contributed by atoms with Crippen molar-refractivity contribution in [2.75, 3.05) is 51.8 Å². The van der Waals surface area contributed by atoms with Crippen molar-refractivity contribution < 1.29 is 9.47 Å². The van der Waals surface area contributed by atoms with Crippen LogP contribution in [0, 0.1) is 0 Å². The first-order valence-corrected chi connectivity index (χ1v) is 9.93. The number of thiazole rings is 1. The smallest absolute Gasteiger partial charge is 0.194 e. The number of aliphatic imine (C=N–C) groups is 1. The van der Waals surface area contributed by atoms with Crippen LogP contribution in [0.15, 0.2) is 10.4 Å². The molecule has 0 bridgehead atoms. The molecule has 2 atom stereocenters. The fourth-order valence-electron chi connectivity index (χ4n) is 3.14. The number of ether oxygens (including phenoxy) is 2. The van der Waals surface area contributed by atoms with Crippen molar-refractivity contribution in [1.82, 2.24) is 15.2 Å². The summed E-state index contributed by atoms with van der Waals surface area (Å²) in [5.41, 5.74) is 1.01. The Morgan fingerprint density at radius 3 is 2.92 bits per heavy atom. The van der Waals surface area contributed by atoms with E-state index in [-0.39, 0.29) is 12.2 Å². The maximum absolute atomic E-state index is 5.95. The monoisotopic (exact) mass is 367 g/mol. The lowest BCUT2D eigenvalue weighted by molar-refractivity contribution is -0.0817. The number of anilines is 1. The van der Waals surface area contributed by atoms with Crippen LogP contribution in [0.4, 0.5) is 5.13 Å². The Kier molecular flexibility index (Phi) is 6.50. The van der Waals surface area contributed by atoms with Crippen LogP contribution in [0.3, 0.4) is 0 Å². The number of aromatic nitrogens is 1. The van der Waals surface area contributed by atoms with E-state index in [1.165, 1.54) is 0 Å². The van der Waals surface area contributed by atoms with Crippen LogP contribution < -0.4 is 10.2 Å². The number of guanidine groups is 1. The van der Waals surface area contributed by atoms with E-state index < -0.39 is 0 Å². The molecule has 2 saturated heterocycles. The Balaban J connectivity index is 1.64. The minimum Gasteiger partial charge on any atom is -0.375 e. The van der Waals surface area contributed by atoms with Gasteiger partial charge in [0.05, 0.1) is 24.9 Å². The fourth-order valence-corrected chi connectivity index (χ4v) is 3.89. The van der Waals surface area contributed by atoms with E-state index in [0.29, 0.717) is 6.54 Å². The second-order valence-corrected chi connectivity index (χ2v) is 7.43. The normalized spacial score (nSPS) is 24.6. The molecule has 1 aromatic rings. The average molecular weight is 368 g/mol. The maximum atomic E-state index is 5.95. The Bertz CT molecular complexity index is 571. The van der Waals surface area contributed by atoms with Crippen molar-refractivity contribution in [2.45, 2.75) is 38.5 Å². The number of nitrogens with one attached hydrogen (secondary N) is 1. The number of hydrogen-bond acceptors (Lipinski definition) is 6. The van der Waals surface area contributed by atoms with Crippen molar-refractivity contribution in [3.05, 3.63) is 11.1 Å². The lowest BCUT2D eigenvalue weighted by Gasteiger charge is -2.37. The first-order valence-electron chi connectivity index (χ1n) is 9.05. The molecule has 0 radical (unpaired) electrons. The third-order valence-electron chi connectivity index (χ3n) is 4.42. The van der Waals surface area contributed by atoms with Gasteiger partial charge in [-0.05, 0) is 19.8 Å². The highest BCUT2D eigenvalue weighted by atomic mass is 32.1. The lowest BCUT2D eigenvalue weighted by Crippen LogP contribution is -2.53. The van der Waals surface area contributed by atoms with Gasteiger partial charge in [-0.1, -0.05) is 0 Å². The van der Waals surface area contributed by atoms with Crippen molar-refractivity contribution in [3.63, 3.8) is 0 Å². The third kappa shape index (κ3) is 4.83. The summed E-state index contributed by atoms with van der Waals surface area (Å²) in [5.74, 6) is 0.938. The quantitative estimate of drug-likeness (QED) is 0.629. The van der Waals surface area contributed by atoms with E-state index in [4.69, 9.17) is 14.5 Å². The van der Waals surface area contributed by atoms with Gasteiger partial charge < -0.3 is 24.6 Å². The summed E-state index contributed by atoms with van der Waals surface area (Å²) in [5, 5.41) is 6.50. The van der Waals surface area contributed by atoms with Gasteiger partial charge in [0.15, 0.2) is 11.1 Å². The van der Waals surface area contributed by atoms with Crippen LogP contribution in [0.1, 0.15) is 25.5 Å². The van der Waals surface area contributed by atoms with Crippen LogP contribution >= 0.6 is 11.3 Å². The Hall–Kier alpha value is -1.38. The molecule has 1 N–H and O–H groups in total. The molecule has 0 aliphatic carbocycles. The molecule has 2 unspecified atom stereocenters. The second-order valence-electron chi connectivity index (χ2n) is 6.59. The summed E-state index contributed by atoms with van der Waals surface area (Å²) in [4.78, 5) is 13.7. The van der Waals surface area contributed by atoms with Gasteiger partial charge in [-0.2, -0.15) is 0 Å². The second kappa shape index (κ2) is 8.82. The Morgan fingerprint density at radius 2 is 2.24 bits per heavy atom. The van der Waals surface area contributed by atoms with Crippen LogP contribution in [-0.4, -0.2) is 75.0 Å². The van der Waals surface area contributed by atoms with Crippen molar-refractivity contribution in [1.29, 1.82) is 0 Å². The minimum absolute atomic E-state index is 0.139. The molecular weight excluding hydrogens is 338 g/mol. The number of nitrogens with zero attached hydrogens (tertiary/aromatic N) is 4. The first kappa shape index (κ1) is 18.4. The summed E-state index contributed by atoms with van der Waals surface area (Å²) >= 11 is 1.65. The van der Waals surface area contributed by atoms with Gasteiger partial charge in [0.1, 0.15) is 6.10 Å². The molecule has 7 nitrogen and oxygen atoms in total. The van der Waals surface area contributed by atoms with Crippen molar-refractivity contribution >= 4 is 22.4 Å². The highest BCUT2D eigenvalue weighted by molar-refractivity contribution is 7.13. The summed E-state index contributed by atoms with van der Waals surface area (Å²) in [6.45, 7) is 6.80. The number of rotatable bonds is 5. The molecule has 0 saturated carbocycles. The Labute approximate surface area is 154 Å². The summed E-state index contributed by atoms with van der Waals surface area (Å²) in [6, 6.07) is 0. The van der Waals surface area contributed by atoms with Crippen LogP contribution in [-0.2, 0) is 16.0 Å². The molecular formula is C17H29N5O2S. The van der Waals surface area contributed by atoms with Crippen LogP contribution in [0.5, 0.6) is 0 Å². The number of hydrogen-bond donors (Lipinski definition) is 1. The zero-order chi connectivity index (χ0) is 17.6. The first-order chi connectivity index (χ1) is 12.2. The van der Waals surface area contributed by atoms with Gasteiger partial charge in [0.25, 0.3) is 0 Å². The van der Waals surface area contributed by atoms with E-state index >= 15 is 0 Å². The highest BCUT2D eigenvalue weighted by Gasteiger charge is 2.32. The fraction of sp³-hybridized carbons (Fsp3) is 0.765. The molecule has 2 aliphatic heterocycles. The molecule has 25 heavy (non-hydrogen) atoms. The molecule has 1 aromatic heterocycles. The van der Waals surface area contributed by atoms with Crippen LogP contribution in [0.2, 0.25) is 0 Å². The number of morpholine rings is 1. The van der Waals surface area contributed by atoms with E-state index in [2.05, 4.69) is 27.5 Å². The zero-order valence-electron chi connectivity index (χ0n) is 15.4. The van der Waals surface area contributed by atoms with Gasteiger partial charge in [0, 0.05) is 45.7 Å². The average Bonchev–Trinajstić information content (AvgIpc) is 3.30. The molecule has 0 amide bonds. The predicted octanol–water partition coefficient (Wildman–Crippen LogP) is 1.55. The minimum atomic E-state index is 0.139. The van der Waals surface area contributed by atoms with Gasteiger partial charge in [-0.15, -0.1) is 11.3 Å². The van der Waals surface area contributed by atoms with E-state index in [9.17, 15) is 0 Å². The van der Waals surface area contributed by atoms with Crippen molar-refractivity contribution in [2.24, 2.45) is 4.99 Å². The zero-order valence-corrected chi connectivity index (χ0v) is 16.2. The lowest BCUT2D eigenvalue weighted by atomic mass is 10.1. The standard InChI is InChI=1S/C17H29N5O2S/c1-4-18-16(19-10-13-12-25-17(20-13)21(2)3)22-7-9-24-15(11-22)14-6-5-8-23-14/h12,14-15H,4-11H2,1-3H3,(H,18,19). The molecule has 8 heteroatoms. The molecule has 2 fully saturated rings. The van der Waals surface area contributed by atoms with Gasteiger partial charge in [-0.3, -0.25) is 0 Å². The highest BCUT2D eigenvalue weighted by Crippen LogP contribution is 2.21. The van der Waals surface area contributed by atoms with Gasteiger partial charge >= 0.3 is 0 Å². The van der Waals surface area contributed by atoms with Gasteiger partial charge in [-0.25, -0.2) is 9.98 Å². The van der Waals surface area contributed by atoms with E-state index in [1.54, 1.807) is 11.3 Å². The molecule has 3 rings (SSSR count).